The van der Waals surface area contributed by atoms with Gasteiger partial charge in [-0.1, -0.05) is 47.5 Å². The number of pyridine rings is 1. The van der Waals surface area contributed by atoms with Gasteiger partial charge in [0.15, 0.2) is 0 Å². The van der Waals surface area contributed by atoms with Crippen LogP contribution in [0, 0.1) is 11.5 Å². The van der Waals surface area contributed by atoms with Crippen molar-refractivity contribution < 1.29 is 13.2 Å². The van der Waals surface area contributed by atoms with E-state index in [1.54, 1.807) is 0 Å². The van der Waals surface area contributed by atoms with Crippen molar-refractivity contribution in [1.29, 1.82) is 0 Å². The second kappa shape index (κ2) is 9.03. The number of sulfone groups is 1. The van der Waals surface area contributed by atoms with E-state index in [0.717, 1.165) is 6.26 Å². The summed E-state index contributed by atoms with van der Waals surface area (Å²) in [4.78, 5) is 33.3. The Hall–Kier alpha value is -2.51. The standard InChI is InChI=1S/C23H32N4O4SSi/c1-14(2)33(15(3)4,16(5)6)9-8-17-10-21(29)27(18-11-20(28)24-12-18)22-19(17)13-25-23(26-22)32(7,30)31/h10,13-16,18H,11-12H2,1-7H3,(H,24,28). The van der Waals surface area contributed by atoms with E-state index in [-0.39, 0.29) is 35.2 Å². The fraction of sp³-hybridized carbons (Fsp3) is 0.565. The lowest BCUT2D eigenvalue weighted by atomic mass is 10.1. The molecule has 0 spiro atoms. The molecule has 1 amide bonds. The highest BCUT2D eigenvalue weighted by Gasteiger charge is 2.41. The summed E-state index contributed by atoms with van der Waals surface area (Å²) < 4.78 is 25.6. The fourth-order valence-electron chi connectivity index (χ4n) is 5.12. The van der Waals surface area contributed by atoms with Crippen LogP contribution >= 0.6 is 0 Å². The van der Waals surface area contributed by atoms with Crippen LogP contribution in [0.5, 0.6) is 0 Å². The minimum absolute atomic E-state index is 0.127. The molecule has 0 bridgehead atoms. The number of rotatable bonds is 5. The number of fused-ring (bicyclic) bond motifs is 1. The Morgan fingerprint density at radius 1 is 1.12 bits per heavy atom. The minimum Gasteiger partial charge on any atom is -0.354 e. The Morgan fingerprint density at radius 2 is 1.73 bits per heavy atom. The van der Waals surface area contributed by atoms with Crippen molar-refractivity contribution in [2.75, 3.05) is 12.8 Å². The predicted molar refractivity (Wildman–Crippen MR) is 131 cm³/mol. The van der Waals surface area contributed by atoms with Gasteiger partial charge in [-0.25, -0.2) is 13.4 Å². The molecule has 8 nitrogen and oxygen atoms in total. The van der Waals surface area contributed by atoms with Crippen LogP contribution < -0.4 is 10.9 Å². The molecule has 0 aliphatic carbocycles. The number of amides is 1. The number of hydrogen-bond donors (Lipinski definition) is 1. The maximum atomic E-state index is 13.2. The van der Waals surface area contributed by atoms with Gasteiger partial charge in [-0.15, -0.1) is 5.54 Å². The van der Waals surface area contributed by atoms with E-state index in [2.05, 4.69) is 68.3 Å². The normalized spacial score (nSPS) is 17.0. The SMILES string of the molecule is CC(C)[Si](C#Cc1cc(=O)n(C2CNC(=O)C2)c2nc(S(C)(=O)=O)ncc12)(C(C)C)C(C)C. The average Bonchev–Trinajstić information content (AvgIpc) is 3.12. The number of nitrogens with zero attached hydrogens (tertiary/aromatic N) is 3. The molecule has 0 saturated carbocycles. The molecule has 1 aliphatic heterocycles. The van der Waals surface area contributed by atoms with Gasteiger partial charge in [0, 0.05) is 37.0 Å². The number of nitrogens with one attached hydrogen (secondary N) is 1. The smallest absolute Gasteiger partial charge is 0.253 e. The molecule has 2 aromatic rings. The van der Waals surface area contributed by atoms with Crippen molar-refractivity contribution in [1.82, 2.24) is 19.9 Å². The van der Waals surface area contributed by atoms with Gasteiger partial charge < -0.3 is 5.32 Å². The Balaban J connectivity index is 2.33. The molecule has 1 N–H and O–H groups in total. The van der Waals surface area contributed by atoms with Crippen LogP contribution in [-0.4, -0.2) is 49.7 Å². The summed E-state index contributed by atoms with van der Waals surface area (Å²) in [6, 6.07) is 1.01. The van der Waals surface area contributed by atoms with Crippen LogP contribution in [0.4, 0.5) is 0 Å². The number of carbonyl (C=O) groups excluding carboxylic acids is 1. The lowest BCUT2D eigenvalue weighted by molar-refractivity contribution is -0.119. The third kappa shape index (κ3) is 4.61. The van der Waals surface area contributed by atoms with Gasteiger partial charge in [0.25, 0.3) is 5.56 Å². The summed E-state index contributed by atoms with van der Waals surface area (Å²) in [7, 11) is -5.76. The van der Waals surface area contributed by atoms with Gasteiger partial charge in [-0.3, -0.25) is 14.2 Å². The summed E-state index contributed by atoms with van der Waals surface area (Å²) >= 11 is 0. The maximum absolute atomic E-state index is 13.2. The molecule has 0 aromatic carbocycles. The van der Waals surface area contributed by atoms with Crippen LogP contribution in [0.1, 0.15) is 59.6 Å². The second-order valence-corrected chi connectivity index (χ2v) is 17.2. The molecule has 2 aromatic heterocycles. The van der Waals surface area contributed by atoms with Gasteiger partial charge >= 0.3 is 0 Å². The van der Waals surface area contributed by atoms with Crippen LogP contribution in [0.15, 0.2) is 22.2 Å². The number of carbonyl (C=O) groups is 1. The van der Waals surface area contributed by atoms with E-state index in [1.165, 1.54) is 16.8 Å². The van der Waals surface area contributed by atoms with E-state index >= 15 is 0 Å². The molecule has 178 valence electrons. The number of aromatic nitrogens is 3. The Labute approximate surface area is 196 Å². The van der Waals surface area contributed by atoms with E-state index in [0.29, 0.717) is 27.6 Å². The molecule has 1 atom stereocenters. The summed E-state index contributed by atoms with van der Waals surface area (Å²) in [5.41, 5.74) is 5.17. The molecule has 0 radical (unpaired) electrons. The fourth-order valence-corrected chi connectivity index (χ4v) is 10.8. The van der Waals surface area contributed by atoms with Crippen molar-refractivity contribution >= 4 is 34.9 Å². The zero-order valence-electron chi connectivity index (χ0n) is 20.3. The lowest BCUT2D eigenvalue weighted by Crippen LogP contribution is -2.43. The van der Waals surface area contributed by atoms with E-state index in [9.17, 15) is 18.0 Å². The average molecular weight is 489 g/mol. The summed E-state index contributed by atoms with van der Waals surface area (Å²) in [6.07, 6.45) is 2.57. The maximum Gasteiger partial charge on any atom is 0.253 e. The molecule has 1 unspecified atom stereocenters. The van der Waals surface area contributed by atoms with Gasteiger partial charge in [-0.05, 0) is 16.6 Å². The quantitative estimate of drug-likeness (QED) is 0.394. The molecule has 1 saturated heterocycles. The first-order chi connectivity index (χ1) is 15.3. The highest BCUT2D eigenvalue weighted by atomic mass is 32.2. The van der Waals surface area contributed by atoms with Crippen LogP contribution in [0.25, 0.3) is 11.0 Å². The first kappa shape index (κ1) is 25.1. The van der Waals surface area contributed by atoms with Crippen molar-refractivity contribution in [3.05, 3.63) is 28.2 Å². The molecular formula is C23H32N4O4SSi. The molecule has 33 heavy (non-hydrogen) atoms. The highest BCUT2D eigenvalue weighted by molar-refractivity contribution is 7.90. The summed E-state index contributed by atoms with van der Waals surface area (Å²) in [5.74, 6) is 3.12. The first-order valence-electron chi connectivity index (χ1n) is 11.2. The number of hydrogen-bond acceptors (Lipinski definition) is 6. The Morgan fingerprint density at radius 3 is 2.21 bits per heavy atom. The largest absolute Gasteiger partial charge is 0.354 e. The lowest BCUT2D eigenvalue weighted by Gasteiger charge is -2.38. The highest BCUT2D eigenvalue weighted by Crippen LogP contribution is 2.40. The van der Waals surface area contributed by atoms with Gasteiger partial charge in [-0.2, -0.15) is 4.98 Å². The van der Waals surface area contributed by atoms with Gasteiger partial charge in [0.05, 0.1) is 11.4 Å². The predicted octanol–water partition coefficient (Wildman–Crippen LogP) is 2.83. The van der Waals surface area contributed by atoms with Crippen molar-refractivity contribution in [3.63, 3.8) is 0 Å². The van der Waals surface area contributed by atoms with Crippen molar-refractivity contribution in [2.45, 2.75) is 75.8 Å². The van der Waals surface area contributed by atoms with Crippen molar-refractivity contribution in [2.24, 2.45) is 0 Å². The molecule has 1 fully saturated rings. The molecular weight excluding hydrogens is 456 g/mol. The van der Waals surface area contributed by atoms with Crippen LogP contribution in [-0.2, 0) is 14.6 Å². The minimum atomic E-state index is -3.69. The summed E-state index contributed by atoms with van der Waals surface area (Å²) in [5, 5.41) is 2.87. The van der Waals surface area contributed by atoms with Gasteiger partial charge in [0.1, 0.15) is 13.7 Å². The van der Waals surface area contributed by atoms with Crippen LogP contribution in [0.2, 0.25) is 16.6 Å². The van der Waals surface area contributed by atoms with Crippen molar-refractivity contribution in [3.8, 4) is 11.5 Å². The van der Waals surface area contributed by atoms with E-state index in [4.69, 9.17) is 0 Å². The zero-order valence-corrected chi connectivity index (χ0v) is 22.1. The van der Waals surface area contributed by atoms with Gasteiger partial charge in [0.2, 0.25) is 20.9 Å². The molecule has 3 rings (SSSR count). The second-order valence-electron chi connectivity index (χ2n) is 9.74. The van der Waals surface area contributed by atoms with E-state index in [1.807, 2.05) is 0 Å². The van der Waals surface area contributed by atoms with E-state index < -0.39 is 24.0 Å². The van der Waals surface area contributed by atoms with Crippen LogP contribution in [0.3, 0.4) is 0 Å². The molecule has 1 aliphatic rings. The topological polar surface area (TPSA) is 111 Å². The molecule has 10 heteroatoms. The Kier molecular flexibility index (Phi) is 6.87. The third-order valence-electron chi connectivity index (χ3n) is 6.70. The molecule has 3 heterocycles. The summed E-state index contributed by atoms with van der Waals surface area (Å²) in [6.45, 7) is 13.5. The monoisotopic (exact) mass is 488 g/mol. The Bertz CT molecular complexity index is 1300. The zero-order chi connectivity index (χ0) is 24.7. The third-order valence-corrected chi connectivity index (χ3v) is 13.9. The first-order valence-corrected chi connectivity index (χ1v) is 15.3.